The zero-order valence-electron chi connectivity index (χ0n) is 9.14. The third-order valence-corrected chi connectivity index (χ3v) is 1.84. The van der Waals surface area contributed by atoms with Crippen LogP contribution in [-0.2, 0) is 6.54 Å². The first-order valence-electron chi connectivity index (χ1n) is 4.85. The van der Waals surface area contributed by atoms with Crippen LogP contribution in [-0.4, -0.2) is 31.3 Å². The largest absolute Gasteiger partial charge is 0.432 e. The van der Waals surface area contributed by atoms with E-state index in [0.29, 0.717) is 12.2 Å². The van der Waals surface area contributed by atoms with Gasteiger partial charge in [0, 0.05) is 13.6 Å². The van der Waals surface area contributed by atoms with Crippen molar-refractivity contribution < 1.29 is 17.6 Å². The van der Waals surface area contributed by atoms with Crippen molar-refractivity contribution in [3.8, 4) is 0 Å². The zero-order chi connectivity index (χ0) is 12.2. The highest BCUT2D eigenvalue weighted by Crippen LogP contribution is 2.20. The van der Waals surface area contributed by atoms with Gasteiger partial charge in [0.05, 0.1) is 5.69 Å². The van der Waals surface area contributed by atoms with Crippen LogP contribution in [0.25, 0.3) is 0 Å². The molecule has 0 aliphatic rings. The number of rotatable bonds is 5. The molecule has 0 atom stereocenters. The molecule has 1 heterocycles. The maximum atomic E-state index is 12.1. The zero-order valence-corrected chi connectivity index (χ0v) is 9.14. The van der Waals surface area contributed by atoms with Crippen molar-refractivity contribution in [2.24, 2.45) is 0 Å². The molecule has 0 aliphatic carbocycles. The Morgan fingerprint density at radius 3 is 2.75 bits per heavy atom. The van der Waals surface area contributed by atoms with Crippen LogP contribution >= 0.6 is 0 Å². The SMILES string of the molecule is CCNCc1coc(N(C)CC(F)(F)F)n1. The molecule has 16 heavy (non-hydrogen) atoms. The van der Waals surface area contributed by atoms with Gasteiger partial charge in [0.2, 0.25) is 0 Å². The Balaban J connectivity index is 2.56. The number of halogens is 3. The molecule has 92 valence electrons. The minimum Gasteiger partial charge on any atom is -0.432 e. The van der Waals surface area contributed by atoms with E-state index in [1.165, 1.54) is 13.3 Å². The monoisotopic (exact) mass is 237 g/mol. The molecule has 0 spiro atoms. The highest BCUT2D eigenvalue weighted by atomic mass is 19.4. The van der Waals surface area contributed by atoms with E-state index in [1.54, 1.807) is 0 Å². The second-order valence-corrected chi connectivity index (χ2v) is 3.37. The summed E-state index contributed by atoms with van der Waals surface area (Å²) in [6.45, 7) is 2.10. The van der Waals surface area contributed by atoms with Gasteiger partial charge < -0.3 is 14.6 Å². The van der Waals surface area contributed by atoms with Crippen molar-refractivity contribution in [3.05, 3.63) is 12.0 Å². The third-order valence-electron chi connectivity index (χ3n) is 1.84. The summed E-state index contributed by atoms with van der Waals surface area (Å²) in [4.78, 5) is 4.85. The molecule has 1 aromatic heterocycles. The first-order chi connectivity index (χ1) is 7.42. The highest BCUT2D eigenvalue weighted by Gasteiger charge is 2.30. The number of nitrogens with one attached hydrogen (secondary N) is 1. The molecule has 0 unspecified atom stereocenters. The first kappa shape index (κ1) is 12.8. The number of anilines is 1. The topological polar surface area (TPSA) is 41.3 Å². The van der Waals surface area contributed by atoms with Gasteiger partial charge in [-0.15, -0.1) is 0 Å². The first-order valence-corrected chi connectivity index (χ1v) is 4.85. The molecule has 1 rings (SSSR count). The Bertz CT molecular complexity index is 324. The lowest BCUT2D eigenvalue weighted by Crippen LogP contribution is -2.31. The lowest BCUT2D eigenvalue weighted by Gasteiger charge is -2.16. The molecular weight excluding hydrogens is 223 g/mol. The van der Waals surface area contributed by atoms with Gasteiger partial charge in [-0.3, -0.25) is 0 Å². The Kier molecular flexibility index (Phi) is 4.17. The van der Waals surface area contributed by atoms with E-state index in [9.17, 15) is 13.2 Å². The van der Waals surface area contributed by atoms with Crippen LogP contribution in [0.1, 0.15) is 12.6 Å². The molecule has 1 N–H and O–H groups in total. The van der Waals surface area contributed by atoms with E-state index in [0.717, 1.165) is 11.4 Å². The molecule has 0 aromatic carbocycles. The van der Waals surface area contributed by atoms with Gasteiger partial charge in [0.1, 0.15) is 12.8 Å². The Morgan fingerprint density at radius 2 is 2.19 bits per heavy atom. The second-order valence-electron chi connectivity index (χ2n) is 3.37. The van der Waals surface area contributed by atoms with Gasteiger partial charge in [0.15, 0.2) is 0 Å². The summed E-state index contributed by atoms with van der Waals surface area (Å²) in [5, 5.41) is 3.00. The summed E-state index contributed by atoms with van der Waals surface area (Å²) < 4.78 is 41.2. The maximum Gasteiger partial charge on any atom is 0.406 e. The summed E-state index contributed by atoms with van der Waals surface area (Å²) in [5.41, 5.74) is 0.589. The average molecular weight is 237 g/mol. The minimum atomic E-state index is -4.26. The van der Waals surface area contributed by atoms with Gasteiger partial charge in [-0.25, -0.2) is 0 Å². The molecule has 0 amide bonds. The van der Waals surface area contributed by atoms with Crippen LogP contribution in [0.15, 0.2) is 10.7 Å². The summed E-state index contributed by atoms with van der Waals surface area (Å²) in [5.74, 6) is 0. The number of oxazole rings is 1. The van der Waals surface area contributed by atoms with Crippen molar-refractivity contribution >= 4 is 6.01 Å². The van der Waals surface area contributed by atoms with Crippen molar-refractivity contribution in [2.45, 2.75) is 19.6 Å². The molecule has 0 bridgehead atoms. The lowest BCUT2D eigenvalue weighted by molar-refractivity contribution is -0.119. The van der Waals surface area contributed by atoms with Crippen molar-refractivity contribution in [3.63, 3.8) is 0 Å². The van der Waals surface area contributed by atoms with Crippen molar-refractivity contribution in [1.29, 1.82) is 0 Å². The van der Waals surface area contributed by atoms with Crippen LogP contribution in [0.4, 0.5) is 19.2 Å². The molecular formula is C9H14F3N3O. The molecule has 7 heteroatoms. The van der Waals surface area contributed by atoms with Crippen molar-refractivity contribution in [2.75, 3.05) is 25.0 Å². The van der Waals surface area contributed by atoms with E-state index in [4.69, 9.17) is 4.42 Å². The maximum absolute atomic E-state index is 12.1. The molecule has 0 radical (unpaired) electrons. The van der Waals surface area contributed by atoms with E-state index in [2.05, 4.69) is 10.3 Å². The fourth-order valence-corrected chi connectivity index (χ4v) is 1.14. The van der Waals surface area contributed by atoms with Crippen LogP contribution < -0.4 is 10.2 Å². The molecule has 0 aliphatic heterocycles. The van der Waals surface area contributed by atoms with Crippen molar-refractivity contribution in [1.82, 2.24) is 10.3 Å². The van der Waals surface area contributed by atoms with E-state index < -0.39 is 12.7 Å². The van der Waals surface area contributed by atoms with Gasteiger partial charge in [-0.1, -0.05) is 6.92 Å². The Hall–Kier alpha value is -1.24. The fraction of sp³-hybridized carbons (Fsp3) is 0.667. The third kappa shape index (κ3) is 4.09. The number of aromatic nitrogens is 1. The fourth-order valence-electron chi connectivity index (χ4n) is 1.14. The quantitative estimate of drug-likeness (QED) is 0.847. The Labute approximate surface area is 91.4 Å². The van der Waals surface area contributed by atoms with E-state index >= 15 is 0 Å². The normalized spacial score (nSPS) is 11.8. The minimum absolute atomic E-state index is 0.0229. The molecule has 4 nitrogen and oxygen atoms in total. The second kappa shape index (κ2) is 5.20. The predicted octanol–water partition coefficient (Wildman–Crippen LogP) is 1.78. The summed E-state index contributed by atoms with van der Waals surface area (Å²) in [6.07, 6.45) is -2.91. The average Bonchev–Trinajstić information content (AvgIpc) is 2.60. The lowest BCUT2D eigenvalue weighted by atomic mass is 10.5. The smallest absolute Gasteiger partial charge is 0.406 e. The van der Waals surface area contributed by atoms with E-state index in [1.807, 2.05) is 6.92 Å². The van der Waals surface area contributed by atoms with Crippen LogP contribution in [0.5, 0.6) is 0 Å². The van der Waals surface area contributed by atoms with Gasteiger partial charge in [-0.2, -0.15) is 18.2 Å². The van der Waals surface area contributed by atoms with Crippen LogP contribution in [0, 0.1) is 0 Å². The highest BCUT2D eigenvalue weighted by molar-refractivity contribution is 5.25. The van der Waals surface area contributed by atoms with Crippen LogP contribution in [0.2, 0.25) is 0 Å². The standard InChI is InChI=1S/C9H14F3N3O/c1-3-13-4-7-5-16-8(14-7)15(2)6-9(10,11)12/h5,13H,3-4,6H2,1-2H3. The summed E-state index contributed by atoms with van der Waals surface area (Å²) in [7, 11) is 1.29. The van der Waals surface area contributed by atoms with Gasteiger partial charge in [-0.05, 0) is 6.54 Å². The Morgan fingerprint density at radius 1 is 1.50 bits per heavy atom. The van der Waals surface area contributed by atoms with Gasteiger partial charge in [0.25, 0.3) is 6.01 Å². The number of hydrogen-bond acceptors (Lipinski definition) is 4. The predicted molar refractivity (Wildman–Crippen MR) is 53.2 cm³/mol. The number of alkyl halides is 3. The van der Waals surface area contributed by atoms with Crippen LogP contribution in [0.3, 0.4) is 0 Å². The molecule has 0 saturated carbocycles. The number of hydrogen-bond donors (Lipinski definition) is 1. The number of nitrogens with zero attached hydrogens (tertiary/aromatic N) is 2. The molecule has 1 aromatic rings. The van der Waals surface area contributed by atoms with Gasteiger partial charge >= 0.3 is 6.18 Å². The summed E-state index contributed by atoms with van der Waals surface area (Å²) >= 11 is 0. The molecule has 0 saturated heterocycles. The summed E-state index contributed by atoms with van der Waals surface area (Å²) in [6, 6.07) is -0.0229. The molecule has 0 fully saturated rings. The van der Waals surface area contributed by atoms with E-state index in [-0.39, 0.29) is 6.01 Å².